The molecule has 8 nitrogen and oxygen atoms in total. The normalized spacial score (nSPS) is 13.7. The van der Waals surface area contributed by atoms with Gasteiger partial charge in [-0.05, 0) is 95.8 Å². The van der Waals surface area contributed by atoms with Gasteiger partial charge in [-0.25, -0.2) is 0 Å². The number of aliphatic hydroxyl groups excluding tert-OH is 2. The average Bonchev–Trinajstić information content (AvgIpc) is 3.30. The Hall–Kier alpha value is -2.45. The van der Waals surface area contributed by atoms with Crippen LogP contribution in [0.3, 0.4) is 0 Å². The second-order valence-corrected chi connectivity index (χ2v) is 19.5. The Bertz CT molecular complexity index is 1100. The van der Waals surface area contributed by atoms with Gasteiger partial charge in [0, 0.05) is 19.3 Å². The van der Waals surface area contributed by atoms with E-state index >= 15 is 0 Å². The molecule has 0 aliphatic rings. The minimum Gasteiger partial charge on any atom is -0.462 e. The van der Waals surface area contributed by atoms with E-state index in [1.807, 2.05) is 0 Å². The third-order valence-corrected chi connectivity index (χ3v) is 12.6. The predicted molar refractivity (Wildman–Crippen MR) is 277 cm³/mol. The molecule has 4 unspecified atom stereocenters. The first kappa shape index (κ1) is 63.5. The quantitative estimate of drug-likeness (QED) is 0.0268. The molecule has 0 heterocycles. The van der Waals surface area contributed by atoms with Crippen molar-refractivity contribution in [2.45, 2.75) is 296 Å². The maximum absolute atomic E-state index is 12.8. The molecular formula is C58H106O8. The zero-order valence-corrected chi connectivity index (χ0v) is 43.6. The molecule has 0 radical (unpaired) electrons. The van der Waals surface area contributed by atoms with Crippen LogP contribution in [0.5, 0.6) is 0 Å². The fourth-order valence-electron chi connectivity index (χ4n) is 8.14. The first-order valence-electron chi connectivity index (χ1n) is 28.0. The Labute approximate surface area is 407 Å². The highest BCUT2D eigenvalue weighted by Crippen LogP contribution is 2.17. The predicted octanol–water partition coefficient (Wildman–Crippen LogP) is 16.3. The average molecular weight is 931 g/mol. The van der Waals surface area contributed by atoms with Crippen molar-refractivity contribution in [1.29, 1.82) is 0 Å². The van der Waals surface area contributed by atoms with Crippen LogP contribution >= 0.6 is 0 Å². The number of carbonyl (C=O) groups is 3. The van der Waals surface area contributed by atoms with Crippen molar-refractivity contribution < 1.29 is 38.8 Å². The van der Waals surface area contributed by atoms with Crippen molar-refractivity contribution in [3.63, 3.8) is 0 Å². The zero-order valence-electron chi connectivity index (χ0n) is 43.6. The highest BCUT2D eigenvalue weighted by Gasteiger charge is 2.19. The highest BCUT2D eigenvalue weighted by molar-refractivity contribution is 5.71. The summed E-state index contributed by atoms with van der Waals surface area (Å²) in [5.74, 6) is -0.227. The Balaban J connectivity index is 4.51. The summed E-state index contributed by atoms with van der Waals surface area (Å²) in [6.07, 6.45) is 51.6. The second kappa shape index (κ2) is 50.4. The number of hydrogen-bond acceptors (Lipinski definition) is 8. The summed E-state index contributed by atoms with van der Waals surface area (Å²) in [7, 11) is 0. The van der Waals surface area contributed by atoms with Gasteiger partial charge in [0.1, 0.15) is 13.2 Å². The van der Waals surface area contributed by atoms with Gasteiger partial charge in [-0.1, -0.05) is 205 Å². The summed E-state index contributed by atoms with van der Waals surface area (Å²) < 4.78 is 16.8. The van der Waals surface area contributed by atoms with Crippen molar-refractivity contribution in [3.8, 4) is 0 Å². The van der Waals surface area contributed by atoms with Gasteiger partial charge in [0.15, 0.2) is 6.10 Å². The van der Waals surface area contributed by atoms with Crippen LogP contribution in [0.25, 0.3) is 0 Å². The highest BCUT2D eigenvalue weighted by atomic mass is 16.6. The lowest BCUT2D eigenvalue weighted by Crippen LogP contribution is -2.30. The summed E-state index contributed by atoms with van der Waals surface area (Å²) in [6.45, 7) is 8.79. The van der Waals surface area contributed by atoms with Crippen molar-refractivity contribution in [3.05, 3.63) is 36.5 Å². The number of allylic oxidation sites excluding steroid dienone is 4. The summed E-state index contributed by atoms with van der Waals surface area (Å²) in [5.41, 5.74) is 0. The van der Waals surface area contributed by atoms with E-state index in [1.54, 1.807) is 0 Å². The molecule has 0 aromatic heterocycles. The summed E-state index contributed by atoms with van der Waals surface area (Å²) >= 11 is 0. The summed E-state index contributed by atoms with van der Waals surface area (Å²) in [4.78, 5) is 38.1. The van der Waals surface area contributed by atoms with E-state index in [-0.39, 0.29) is 49.8 Å². The van der Waals surface area contributed by atoms with E-state index in [1.165, 1.54) is 83.5 Å². The van der Waals surface area contributed by atoms with Gasteiger partial charge in [-0.3, -0.25) is 14.4 Å². The first-order valence-corrected chi connectivity index (χ1v) is 28.0. The van der Waals surface area contributed by atoms with Crippen LogP contribution in [0.4, 0.5) is 0 Å². The molecular weight excluding hydrogens is 825 g/mol. The van der Waals surface area contributed by atoms with Gasteiger partial charge in [0.2, 0.25) is 0 Å². The van der Waals surface area contributed by atoms with Crippen LogP contribution in [-0.4, -0.2) is 59.6 Å². The van der Waals surface area contributed by atoms with Gasteiger partial charge in [-0.15, -0.1) is 0 Å². The van der Waals surface area contributed by atoms with Crippen LogP contribution < -0.4 is 0 Å². The number of unbranched alkanes of at least 4 members (excludes halogenated alkanes) is 24. The molecule has 66 heavy (non-hydrogen) atoms. The first-order chi connectivity index (χ1) is 32.2. The molecule has 0 aromatic rings. The molecule has 0 aliphatic heterocycles. The molecule has 0 aliphatic carbocycles. The van der Waals surface area contributed by atoms with E-state index in [2.05, 4.69) is 64.2 Å². The lowest BCUT2D eigenvalue weighted by molar-refractivity contribution is -0.167. The van der Waals surface area contributed by atoms with Crippen LogP contribution in [0.15, 0.2) is 36.5 Å². The second-order valence-electron chi connectivity index (χ2n) is 19.5. The molecule has 386 valence electrons. The van der Waals surface area contributed by atoms with Crippen LogP contribution in [0.2, 0.25) is 0 Å². The van der Waals surface area contributed by atoms with Gasteiger partial charge < -0.3 is 24.4 Å². The largest absolute Gasteiger partial charge is 0.462 e. The van der Waals surface area contributed by atoms with Crippen molar-refractivity contribution in [2.75, 3.05) is 13.2 Å². The Morgan fingerprint density at radius 1 is 0.394 bits per heavy atom. The van der Waals surface area contributed by atoms with E-state index < -0.39 is 6.10 Å². The zero-order chi connectivity index (χ0) is 48.4. The number of esters is 3. The fourth-order valence-corrected chi connectivity index (χ4v) is 8.14. The third kappa shape index (κ3) is 48.0. The fraction of sp³-hybridized carbons (Fsp3) is 0.845. The lowest BCUT2D eigenvalue weighted by Gasteiger charge is -2.18. The third-order valence-electron chi connectivity index (χ3n) is 12.6. The molecule has 0 spiro atoms. The Morgan fingerprint density at radius 2 is 0.727 bits per heavy atom. The van der Waals surface area contributed by atoms with Crippen LogP contribution in [-0.2, 0) is 28.6 Å². The molecule has 0 aromatic carbocycles. The lowest BCUT2D eigenvalue weighted by atomic mass is 9.99. The molecule has 0 amide bonds. The van der Waals surface area contributed by atoms with Crippen LogP contribution in [0.1, 0.15) is 278 Å². The molecule has 0 saturated heterocycles. The number of carbonyl (C=O) groups excluding carboxylic acids is 3. The number of rotatable bonds is 50. The number of hydrogen-bond donors (Lipinski definition) is 2. The minimum atomic E-state index is -0.820. The Kier molecular flexibility index (Phi) is 48.6. The molecule has 0 fully saturated rings. The molecule has 8 heteroatoms. The van der Waals surface area contributed by atoms with Gasteiger partial charge >= 0.3 is 17.9 Å². The van der Waals surface area contributed by atoms with Crippen LogP contribution in [0, 0.1) is 5.92 Å². The number of aliphatic hydroxyl groups is 2. The van der Waals surface area contributed by atoms with Gasteiger partial charge in [0.25, 0.3) is 0 Å². The smallest absolute Gasteiger partial charge is 0.306 e. The standard InChI is InChI=1S/C58H106O8/c1-5-8-11-32-41-52(4)42-33-26-20-14-17-23-29-38-47-56(61)64-50-55(66-58(63)49-40-31-25-19-16-22-28-37-46-54(60)44-35-13-10-7-3)51-65-57(62)48-39-30-24-18-15-21-27-36-45-53(59)43-34-12-9-6-2/h26-28,33,36-37,52-55,59-60H,5-25,29-32,34-35,38-51H2,1-4H3. The van der Waals surface area contributed by atoms with Crippen molar-refractivity contribution in [1.82, 2.24) is 0 Å². The van der Waals surface area contributed by atoms with Crippen molar-refractivity contribution >= 4 is 17.9 Å². The topological polar surface area (TPSA) is 119 Å². The molecule has 0 bridgehead atoms. The molecule has 0 saturated carbocycles. The summed E-state index contributed by atoms with van der Waals surface area (Å²) in [5, 5.41) is 20.3. The van der Waals surface area contributed by atoms with Gasteiger partial charge in [0.05, 0.1) is 12.2 Å². The van der Waals surface area contributed by atoms with E-state index in [0.29, 0.717) is 12.8 Å². The summed E-state index contributed by atoms with van der Waals surface area (Å²) in [6, 6.07) is 0. The monoisotopic (exact) mass is 931 g/mol. The van der Waals surface area contributed by atoms with Gasteiger partial charge in [-0.2, -0.15) is 0 Å². The minimum absolute atomic E-state index is 0.114. The molecule has 4 atom stereocenters. The van der Waals surface area contributed by atoms with E-state index in [4.69, 9.17) is 14.2 Å². The molecule has 0 rings (SSSR count). The maximum atomic E-state index is 12.8. The van der Waals surface area contributed by atoms with Crippen molar-refractivity contribution in [2.24, 2.45) is 5.92 Å². The molecule has 2 N–H and O–H groups in total. The number of ether oxygens (including phenoxy) is 3. The Morgan fingerprint density at radius 3 is 1.14 bits per heavy atom. The van der Waals surface area contributed by atoms with E-state index in [0.717, 1.165) is 154 Å². The van der Waals surface area contributed by atoms with E-state index in [9.17, 15) is 24.6 Å². The SMILES string of the molecule is CCCCCCC(C)CC=CCCCCCCCC(=O)OCC(COC(=O)CCCCCCCC=CCC(O)CCCCCC)OC(=O)CCCCCCCC=CCC(O)CCCCCC. The maximum Gasteiger partial charge on any atom is 0.306 e.